The van der Waals surface area contributed by atoms with Crippen molar-refractivity contribution in [1.29, 1.82) is 0 Å². The molecule has 2 aromatic carbocycles. The quantitative estimate of drug-likeness (QED) is 0.693. The van der Waals surface area contributed by atoms with Crippen LogP contribution in [-0.4, -0.2) is 30.5 Å². The Morgan fingerprint density at radius 2 is 1.71 bits per heavy atom. The van der Waals surface area contributed by atoms with Crippen LogP contribution < -0.4 is 15.4 Å². The van der Waals surface area contributed by atoms with Crippen LogP contribution in [0.3, 0.4) is 0 Å². The van der Waals surface area contributed by atoms with Crippen molar-refractivity contribution in [3.05, 3.63) is 65.5 Å². The van der Waals surface area contributed by atoms with Crippen LogP contribution in [0.25, 0.3) is 0 Å². The lowest BCUT2D eigenvalue weighted by atomic mass is 10.1. The molecular weight excluding hydrogens is 359 g/mol. The Labute approximate surface area is 165 Å². The van der Waals surface area contributed by atoms with Gasteiger partial charge in [0.15, 0.2) is 0 Å². The Hall–Kier alpha value is -2.89. The van der Waals surface area contributed by atoms with Gasteiger partial charge in [-0.1, -0.05) is 24.3 Å². The first-order valence-electron chi connectivity index (χ1n) is 9.43. The normalized spacial score (nSPS) is 11.8. The molecule has 2 aromatic rings. The third-order valence-corrected chi connectivity index (χ3v) is 4.10. The molecule has 28 heavy (non-hydrogen) atoms. The maximum atomic E-state index is 13.6. The highest BCUT2D eigenvalue weighted by Crippen LogP contribution is 2.15. The molecule has 2 N–H and O–H groups in total. The predicted octanol–water partition coefficient (Wildman–Crippen LogP) is 3.48. The fourth-order valence-electron chi connectivity index (χ4n) is 2.69. The fraction of sp³-hybridized carbons (Fsp3) is 0.364. The second-order valence-electron chi connectivity index (χ2n) is 6.98. The van der Waals surface area contributed by atoms with E-state index in [1.54, 1.807) is 6.07 Å². The molecule has 0 saturated carbocycles. The van der Waals surface area contributed by atoms with Gasteiger partial charge in [-0.2, -0.15) is 0 Å². The van der Waals surface area contributed by atoms with Gasteiger partial charge in [0, 0.05) is 6.04 Å². The number of benzene rings is 2. The summed E-state index contributed by atoms with van der Waals surface area (Å²) in [6, 6.07) is 13.5. The van der Waals surface area contributed by atoms with Crippen molar-refractivity contribution in [3.8, 4) is 5.75 Å². The van der Waals surface area contributed by atoms with Gasteiger partial charge in [0.05, 0.1) is 18.2 Å². The highest BCUT2D eigenvalue weighted by Gasteiger charge is 2.13. The first-order chi connectivity index (χ1) is 13.3. The minimum Gasteiger partial charge on any atom is -0.491 e. The standard InChI is InChI=1S/C22H27FN2O3/c1-15(2)28-18-12-10-17(11-13-18)9-8-16(3)25-21(26)14-24-22(27)19-6-4-5-7-20(19)23/h4-7,10-13,15-16H,8-9,14H2,1-3H3,(H,24,27)(H,25,26). The summed E-state index contributed by atoms with van der Waals surface area (Å²) in [5, 5.41) is 5.27. The van der Waals surface area contributed by atoms with E-state index in [2.05, 4.69) is 10.6 Å². The maximum Gasteiger partial charge on any atom is 0.254 e. The van der Waals surface area contributed by atoms with Crippen molar-refractivity contribution in [3.63, 3.8) is 0 Å². The lowest BCUT2D eigenvalue weighted by molar-refractivity contribution is -0.120. The third kappa shape index (κ3) is 7.02. The molecule has 1 unspecified atom stereocenters. The molecule has 0 fully saturated rings. The monoisotopic (exact) mass is 386 g/mol. The van der Waals surface area contributed by atoms with E-state index >= 15 is 0 Å². The van der Waals surface area contributed by atoms with Gasteiger partial charge in [0.25, 0.3) is 5.91 Å². The van der Waals surface area contributed by atoms with Gasteiger partial charge >= 0.3 is 0 Å². The van der Waals surface area contributed by atoms with Gasteiger partial charge in [0.1, 0.15) is 11.6 Å². The van der Waals surface area contributed by atoms with Crippen molar-refractivity contribution in [2.75, 3.05) is 6.54 Å². The van der Waals surface area contributed by atoms with Crippen LogP contribution >= 0.6 is 0 Å². The molecule has 0 aliphatic rings. The molecular formula is C22H27FN2O3. The van der Waals surface area contributed by atoms with Gasteiger partial charge < -0.3 is 15.4 Å². The zero-order valence-corrected chi connectivity index (χ0v) is 16.5. The molecule has 0 aliphatic heterocycles. The summed E-state index contributed by atoms with van der Waals surface area (Å²) in [5.41, 5.74) is 1.08. The zero-order chi connectivity index (χ0) is 20.5. The summed E-state index contributed by atoms with van der Waals surface area (Å²) in [7, 11) is 0. The predicted molar refractivity (Wildman–Crippen MR) is 107 cm³/mol. The Balaban J connectivity index is 1.72. The van der Waals surface area contributed by atoms with Gasteiger partial charge in [-0.25, -0.2) is 4.39 Å². The maximum absolute atomic E-state index is 13.6. The first-order valence-corrected chi connectivity index (χ1v) is 9.43. The van der Waals surface area contributed by atoms with Crippen LogP contribution in [-0.2, 0) is 11.2 Å². The summed E-state index contributed by atoms with van der Waals surface area (Å²) in [4.78, 5) is 23.9. The molecule has 2 rings (SSSR count). The Morgan fingerprint density at radius 3 is 2.36 bits per heavy atom. The fourth-order valence-corrected chi connectivity index (χ4v) is 2.69. The van der Waals surface area contributed by atoms with E-state index in [4.69, 9.17) is 4.74 Å². The minimum absolute atomic E-state index is 0.0514. The third-order valence-electron chi connectivity index (χ3n) is 4.10. The topological polar surface area (TPSA) is 67.4 Å². The van der Waals surface area contributed by atoms with Crippen molar-refractivity contribution in [2.24, 2.45) is 0 Å². The second kappa shape index (κ2) is 10.4. The largest absolute Gasteiger partial charge is 0.491 e. The van der Waals surface area contributed by atoms with E-state index in [9.17, 15) is 14.0 Å². The number of amides is 2. The van der Waals surface area contributed by atoms with E-state index in [1.807, 2.05) is 45.0 Å². The number of rotatable bonds is 9. The molecule has 0 radical (unpaired) electrons. The van der Waals surface area contributed by atoms with E-state index in [0.717, 1.165) is 24.2 Å². The van der Waals surface area contributed by atoms with Crippen LogP contribution in [0.1, 0.15) is 43.1 Å². The van der Waals surface area contributed by atoms with Crippen LogP contribution in [0.2, 0.25) is 0 Å². The van der Waals surface area contributed by atoms with Crippen molar-refractivity contribution >= 4 is 11.8 Å². The summed E-state index contributed by atoms with van der Waals surface area (Å²) in [5.74, 6) is -0.688. The number of halogens is 1. The highest BCUT2D eigenvalue weighted by molar-refractivity contribution is 5.96. The van der Waals surface area contributed by atoms with Crippen LogP contribution in [0.15, 0.2) is 48.5 Å². The zero-order valence-electron chi connectivity index (χ0n) is 16.5. The molecule has 0 spiro atoms. The number of carbonyl (C=O) groups is 2. The number of hydrogen-bond donors (Lipinski definition) is 2. The number of aryl methyl sites for hydroxylation is 1. The van der Waals surface area contributed by atoms with E-state index in [1.165, 1.54) is 18.2 Å². The van der Waals surface area contributed by atoms with Gasteiger partial charge in [-0.05, 0) is 63.4 Å². The average Bonchev–Trinajstić information content (AvgIpc) is 2.65. The van der Waals surface area contributed by atoms with Gasteiger partial charge in [0.2, 0.25) is 5.91 Å². The highest BCUT2D eigenvalue weighted by atomic mass is 19.1. The molecule has 150 valence electrons. The minimum atomic E-state index is -0.612. The van der Waals surface area contributed by atoms with Gasteiger partial charge in [-0.15, -0.1) is 0 Å². The van der Waals surface area contributed by atoms with Crippen LogP contribution in [0.5, 0.6) is 5.75 Å². The molecule has 5 nitrogen and oxygen atoms in total. The summed E-state index contributed by atoms with van der Waals surface area (Å²) >= 11 is 0. The molecule has 1 atom stereocenters. The number of nitrogens with one attached hydrogen (secondary N) is 2. The summed E-state index contributed by atoms with van der Waals surface area (Å²) < 4.78 is 19.2. The molecule has 2 amide bonds. The molecule has 0 heterocycles. The molecule has 6 heteroatoms. The lowest BCUT2D eigenvalue weighted by Crippen LogP contribution is -2.41. The molecule has 0 aromatic heterocycles. The SMILES string of the molecule is CC(CCc1ccc(OC(C)C)cc1)NC(=O)CNC(=O)c1ccccc1F. The van der Waals surface area contributed by atoms with E-state index in [-0.39, 0.29) is 30.2 Å². The van der Waals surface area contributed by atoms with Crippen molar-refractivity contribution in [1.82, 2.24) is 10.6 Å². The molecule has 0 aliphatic carbocycles. The second-order valence-corrected chi connectivity index (χ2v) is 6.98. The van der Waals surface area contributed by atoms with E-state index in [0.29, 0.717) is 0 Å². The van der Waals surface area contributed by atoms with Gasteiger partial charge in [-0.3, -0.25) is 9.59 Å². The van der Waals surface area contributed by atoms with E-state index < -0.39 is 11.7 Å². The number of hydrogen-bond acceptors (Lipinski definition) is 3. The molecule has 0 saturated heterocycles. The van der Waals surface area contributed by atoms with Crippen LogP contribution in [0.4, 0.5) is 4.39 Å². The summed E-state index contributed by atoms with van der Waals surface area (Å²) in [6.45, 7) is 5.68. The summed E-state index contributed by atoms with van der Waals surface area (Å²) in [6.07, 6.45) is 1.71. The first kappa shape index (κ1) is 21.4. The lowest BCUT2D eigenvalue weighted by Gasteiger charge is -2.15. The number of ether oxygens (including phenoxy) is 1. The number of carbonyl (C=O) groups excluding carboxylic acids is 2. The Morgan fingerprint density at radius 1 is 1.04 bits per heavy atom. The van der Waals surface area contributed by atoms with Crippen molar-refractivity contribution < 1.29 is 18.7 Å². The Bertz CT molecular complexity index is 791. The smallest absolute Gasteiger partial charge is 0.254 e. The Kier molecular flexibility index (Phi) is 7.99. The average molecular weight is 386 g/mol. The van der Waals surface area contributed by atoms with Crippen LogP contribution in [0, 0.1) is 5.82 Å². The van der Waals surface area contributed by atoms with Crippen molar-refractivity contribution in [2.45, 2.75) is 45.8 Å². The molecule has 0 bridgehead atoms.